The molecule has 1 unspecified atom stereocenters. The van der Waals surface area contributed by atoms with Gasteiger partial charge in [0.2, 0.25) is 5.91 Å². The van der Waals surface area contributed by atoms with E-state index in [9.17, 15) is 4.79 Å². The summed E-state index contributed by atoms with van der Waals surface area (Å²) < 4.78 is 5.26. The Morgan fingerprint density at radius 1 is 1.29 bits per heavy atom. The summed E-state index contributed by atoms with van der Waals surface area (Å²) in [6, 6.07) is 14.1. The highest BCUT2D eigenvalue weighted by molar-refractivity contribution is 5.83. The van der Waals surface area contributed by atoms with Gasteiger partial charge in [-0.25, -0.2) is 0 Å². The number of nitrogens with two attached hydrogens (primary N) is 1. The Hall–Kier alpha value is -2.58. The molecule has 0 saturated carbocycles. The van der Waals surface area contributed by atoms with E-state index in [2.05, 4.69) is 0 Å². The van der Waals surface area contributed by atoms with Crippen LogP contribution in [0.1, 0.15) is 23.8 Å². The molecule has 1 aromatic heterocycles. The summed E-state index contributed by atoms with van der Waals surface area (Å²) >= 11 is 0. The average molecular weight is 283 g/mol. The fourth-order valence-corrected chi connectivity index (χ4v) is 2.04. The van der Waals surface area contributed by atoms with Gasteiger partial charge in [0.05, 0.1) is 25.3 Å². The standard InChI is InChI=1S/C16H17N3O2/c17-9-5-10-19(12-14-8-4-11-21-14)16(20)15(18)13-6-2-1-3-7-13/h1-4,6-8,11,15H,5,10,12,18H2. The van der Waals surface area contributed by atoms with Crippen molar-refractivity contribution in [3.63, 3.8) is 0 Å². The van der Waals surface area contributed by atoms with E-state index in [4.69, 9.17) is 15.4 Å². The van der Waals surface area contributed by atoms with Crippen molar-refractivity contribution in [2.75, 3.05) is 6.54 Å². The molecule has 0 aliphatic heterocycles. The maximum Gasteiger partial charge on any atom is 0.244 e. The first-order valence-corrected chi connectivity index (χ1v) is 6.71. The number of nitrogens with zero attached hydrogens (tertiary/aromatic N) is 2. The predicted octanol–water partition coefficient (Wildman–Crippen LogP) is 2.22. The average Bonchev–Trinajstić information content (AvgIpc) is 3.04. The van der Waals surface area contributed by atoms with Gasteiger partial charge in [-0.15, -0.1) is 0 Å². The molecule has 0 aliphatic carbocycles. The summed E-state index contributed by atoms with van der Waals surface area (Å²) in [5.41, 5.74) is 6.79. The Bertz CT molecular complexity index is 602. The number of furan rings is 1. The Morgan fingerprint density at radius 3 is 2.67 bits per heavy atom. The van der Waals surface area contributed by atoms with Crippen LogP contribution in [0.2, 0.25) is 0 Å². The van der Waals surface area contributed by atoms with Crippen molar-refractivity contribution in [3.8, 4) is 6.07 Å². The third-order valence-corrected chi connectivity index (χ3v) is 3.16. The summed E-state index contributed by atoms with van der Waals surface area (Å²) in [5, 5.41) is 8.74. The topological polar surface area (TPSA) is 83.3 Å². The maximum absolute atomic E-state index is 12.5. The van der Waals surface area contributed by atoms with Gasteiger partial charge in [0.1, 0.15) is 11.8 Å². The summed E-state index contributed by atoms with van der Waals surface area (Å²) in [4.78, 5) is 14.1. The van der Waals surface area contributed by atoms with E-state index in [1.54, 1.807) is 23.3 Å². The molecule has 0 spiro atoms. The minimum absolute atomic E-state index is 0.215. The van der Waals surface area contributed by atoms with Crippen molar-refractivity contribution in [1.29, 1.82) is 5.26 Å². The van der Waals surface area contributed by atoms with Crippen molar-refractivity contribution < 1.29 is 9.21 Å². The highest BCUT2D eigenvalue weighted by atomic mass is 16.3. The van der Waals surface area contributed by atoms with Crippen molar-refractivity contribution in [3.05, 3.63) is 60.1 Å². The highest BCUT2D eigenvalue weighted by Crippen LogP contribution is 2.15. The maximum atomic E-state index is 12.5. The monoisotopic (exact) mass is 283 g/mol. The molecule has 1 atom stereocenters. The summed E-state index contributed by atoms with van der Waals surface area (Å²) in [5.74, 6) is 0.453. The van der Waals surface area contributed by atoms with E-state index in [0.717, 1.165) is 5.56 Å². The highest BCUT2D eigenvalue weighted by Gasteiger charge is 2.23. The zero-order valence-corrected chi connectivity index (χ0v) is 11.6. The molecule has 5 nitrogen and oxygen atoms in total. The van der Waals surface area contributed by atoms with Crippen molar-refractivity contribution >= 4 is 5.91 Å². The largest absolute Gasteiger partial charge is 0.467 e. The minimum Gasteiger partial charge on any atom is -0.467 e. The van der Waals surface area contributed by atoms with Gasteiger partial charge in [0.15, 0.2) is 0 Å². The Labute approximate surface area is 123 Å². The van der Waals surface area contributed by atoms with Crippen LogP contribution >= 0.6 is 0 Å². The first-order chi connectivity index (χ1) is 10.2. The molecule has 0 radical (unpaired) electrons. The van der Waals surface area contributed by atoms with Crippen LogP contribution in [0.4, 0.5) is 0 Å². The lowest BCUT2D eigenvalue weighted by Gasteiger charge is -2.24. The number of hydrogen-bond donors (Lipinski definition) is 1. The Kier molecular flexibility index (Phi) is 5.13. The van der Waals surface area contributed by atoms with Crippen LogP contribution in [-0.2, 0) is 11.3 Å². The molecule has 2 aromatic rings. The van der Waals surface area contributed by atoms with Gasteiger partial charge in [0.25, 0.3) is 0 Å². The molecule has 0 fully saturated rings. The lowest BCUT2D eigenvalue weighted by atomic mass is 10.1. The van der Waals surface area contributed by atoms with Gasteiger partial charge in [0, 0.05) is 6.54 Å². The number of benzene rings is 1. The van der Waals surface area contributed by atoms with Crippen LogP contribution in [0.3, 0.4) is 0 Å². The van der Waals surface area contributed by atoms with Crippen LogP contribution < -0.4 is 5.73 Å². The molecule has 0 saturated heterocycles. The normalized spacial score (nSPS) is 11.6. The van der Waals surface area contributed by atoms with Crippen LogP contribution in [0, 0.1) is 11.3 Å². The van der Waals surface area contributed by atoms with Gasteiger partial charge in [-0.2, -0.15) is 5.26 Å². The van der Waals surface area contributed by atoms with Crippen molar-refractivity contribution in [1.82, 2.24) is 4.90 Å². The molecule has 2 rings (SSSR count). The second kappa shape index (κ2) is 7.27. The smallest absolute Gasteiger partial charge is 0.244 e. The molecule has 0 aliphatic rings. The van der Waals surface area contributed by atoms with E-state index in [1.807, 2.05) is 36.4 Å². The fourth-order valence-electron chi connectivity index (χ4n) is 2.04. The van der Waals surface area contributed by atoms with E-state index in [0.29, 0.717) is 18.8 Å². The molecule has 1 aromatic carbocycles. The number of hydrogen-bond acceptors (Lipinski definition) is 4. The Balaban J connectivity index is 2.11. The van der Waals surface area contributed by atoms with Crippen molar-refractivity contribution in [2.45, 2.75) is 19.0 Å². The molecule has 0 bridgehead atoms. The first kappa shape index (κ1) is 14.8. The van der Waals surface area contributed by atoms with E-state index < -0.39 is 6.04 Å². The van der Waals surface area contributed by atoms with Crippen LogP contribution in [-0.4, -0.2) is 17.4 Å². The lowest BCUT2D eigenvalue weighted by Crippen LogP contribution is -2.38. The summed E-state index contributed by atoms with van der Waals surface area (Å²) in [6.07, 6.45) is 1.81. The molecule has 21 heavy (non-hydrogen) atoms. The second-order valence-electron chi connectivity index (χ2n) is 4.64. The van der Waals surface area contributed by atoms with E-state index >= 15 is 0 Å². The van der Waals surface area contributed by atoms with E-state index in [1.165, 1.54) is 0 Å². The van der Waals surface area contributed by atoms with Gasteiger partial charge in [-0.3, -0.25) is 4.79 Å². The first-order valence-electron chi connectivity index (χ1n) is 6.71. The number of amides is 1. The zero-order chi connectivity index (χ0) is 15.1. The Morgan fingerprint density at radius 2 is 2.05 bits per heavy atom. The van der Waals surface area contributed by atoms with Gasteiger partial charge in [-0.05, 0) is 17.7 Å². The molecule has 2 N–H and O–H groups in total. The quantitative estimate of drug-likeness (QED) is 0.881. The summed E-state index contributed by atoms with van der Waals surface area (Å²) in [6.45, 7) is 0.643. The predicted molar refractivity (Wildman–Crippen MR) is 77.7 cm³/mol. The molecule has 5 heteroatoms. The van der Waals surface area contributed by atoms with Crippen molar-refractivity contribution in [2.24, 2.45) is 5.73 Å². The number of carbonyl (C=O) groups excluding carboxylic acids is 1. The number of nitriles is 1. The van der Waals surface area contributed by atoms with Gasteiger partial charge >= 0.3 is 0 Å². The third-order valence-electron chi connectivity index (χ3n) is 3.16. The summed E-state index contributed by atoms with van der Waals surface area (Å²) in [7, 11) is 0. The molecule has 1 amide bonds. The lowest BCUT2D eigenvalue weighted by molar-refractivity contribution is -0.133. The second-order valence-corrected chi connectivity index (χ2v) is 4.64. The molecule has 1 heterocycles. The van der Waals surface area contributed by atoms with Gasteiger partial charge < -0.3 is 15.1 Å². The molecular weight excluding hydrogens is 266 g/mol. The number of carbonyl (C=O) groups is 1. The number of rotatable bonds is 6. The zero-order valence-electron chi connectivity index (χ0n) is 11.6. The third kappa shape index (κ3) is 3.94. The minimum atomic E-state index is -0.736. The van der Waals surface area contributed by atoms with Crippen LogP contribution in [0.5, 0.6) is 0 Å². The fraction of sp³-hybridized carbons (Fsp3) is 0.250. The van der Waals surface area contributed by atoms with Gasteiger partial charge in [-0.1, -0.05) is 30.3 Å². The van der Waals surface area contributed by atoms with Crippen LogP contribution in [0.25, 0.3) is 0 Å². The molecular formula is C16H17N3O2. The van der Waals surface area contributed by atoms with Crippen LogP contribution in [0.15, 0.2) is 53.1 Å². The molecule has 108 valence electrons. The SMILES string of the molecule is N#CCCN(Cc1ccco1)C(=O)C(N)c1ccccc1. The van der Waals surface area contributed by atoms with E-state index in [-0.39, 0.29) is 12.3 Å².